The Morgan fingerprint density at radius 3 is 2.84 bits per heavy atom. The van der Waals surface area contributed by atoms with Crippen LogP contribution in [0.5, 0.6) is 0 Å². The van der Waals surface area contributed by atoms with Gasteiger partial charge in [0.1, 0.15) is 12.2 Å². The number of amides is 1. The van der Waals surface area contributed by atoms with E-state index in [1.165, 1.54) is 0 Å². The zero-order valence-electron chi connectivity index (χ0n) is 13.6. The Balaban J connectivity index is 1.57. The van der Waals surface area contributed by atoms with Gasteiger partial charge in [-0.15, -0.1) is 0 Å². The molecule has 2 aromatic heterocycles. The first-order valence-corrected chi connectivity index (χ1v) is 8.61. The lowest BCUT2D eigenvalue weighted by Crippen LogP contribution is -2.31. The van der Waals surface area contributed by atoms with E-state index in [1.807, 2.05) is 39.9 Å². The summed E-state index contributed by atoms with van der Waals surface area (Å²) >= 11 is 6.01. The van der Waals surface area contributed by atoms with Crippen molar-refractivity contribution < 1.29 is 9.32 Å². The standard InChI is InChI=1S/C18H17ClN4O2/c19-14-6-3-5-13(11-14)17-20-18(25-21-17)15-7-4-10-23(15)12-16(24)22-8-1-2-9-22/h3-7,10-11H,1-2,8-9,12H2. The van der Waals surface area contributed by atoms with Crippen molar-refractivity contribution in [3.05, 3.63) is 47.6 Å². The molecule has 0 spiro atoms. The molecule has 0 unspecified atom stereocenters. The number of benzene rings is 1. The minimum Gasteiger partial charge on any atom is -0.341 e. The third-order valence-electron chi connectivity index (χ3n) is 4.32. The van der Waals surface area contributed by atoms with Gasteiger partial charge in [0.2, 0.25) is 11.7 Å². The van der Waals surface area contributed by atoms with E-state index in [-0.39, 0.29) is 12.5 Å². The first-order chi connectivity index (χ1) is 12.2. The molecule has 0 N–H and O–H groups in total. The number of hydrogen-bond donors (Lipinski definition) is 0. The highest BCUT2D eigenvalue weighted by molar-refractivity contribution is 6.30. The summed E-state index contributed by atoms with van der Waals surface area (Å²) < 4.78 is 7.24. The highest BCUT2D eigenvalue weighted by Crippen LogP contribution is 2.24. The molecule has 0 aliphatic carbocycles. The average molecular weight is 357 g/mol. The maximum atomic E-state index is 12.4. The van der Waals surface area contributed by atoms with Crippen molar-refractivity contribution in [2.75, 3.05) is 13.1 Å². The molecule has 1 aliphatic heterocycles. The lowest BCUT2D eigenvalue weighted by Gasteiger charge is -2.16. The molecule has 1 aromatic carbocycles. The van der Waals surface area contributed by atoms with Gasteiger partial charge < -0.3 is 14.0 Å². The highest BCUT2D eigenvalue weighted by atomic mass is 35.5. The number of carbonyl (C=O) groups is 1. The van der Waals surface area contributed by atoms with Gasteiger partial charge in [0, 0.05) is 29.9 Å². The molecular weight excluding hydrogens is 340 g/mol. The van der Waals surface area contributed by atoms with Crippen LogP contribution in [0.25, 0.3) is 23.0 Å². The Morgan fingerprint density at radius 2 is 2.04 bits per heavy atom. The summed E-state index contributed by atoms with van der Waals surface area (Å²) in [5, 5.41) is 4.64. The van der Waals surface area contributed by atoms with Gasteiger partial charge in [-0.05, 0) is 37.1 Å². The molecule has 1 saturated heterocycles. The molecule has 1 amide bonds. The van der Waals surface area contributed by atoms with Crippen LogP contribution in [0.15, 0.2) is 47.1 Å². The van der Waals surface area contributed by atoms with Gasteiger partial charge in [-0.1, -0.05) is 28.9 Å². The quantitative estimate of drug-likeness (QED) is 0.718. The number of aromatic nitrogens is 3. The molecule has 7 heteroatoms. The normalized spacial score (nSPS) is 14.2. The van der Waals surface area contributed by atoms with Gasteiger partial charge in [-0.25, -0.2) is 0 Å². The van der Waals surface area contributed by atoms with Crippen LogP contribution in [-0.4, -0.2) is 38.6 Å². The Bertz CT molecular complexity index is 896. The molecule has 1 aliphatic rings. The van der Waals surface area contributed by atoms with E-state index >= 15 is 0 Å². The molecule has 3 aromatic rings. The van der Waals surface area contributed by atoms with Gasteiger partial charge in [0.25, 0.3) is 5.89 Å². The third-order valence-corrected chi connectivity index (χ3v) is 4.56. The van der Waals surface area contributed by atoms with Crippen molar-refractivity contribution in [1.82, 2.24) is 19.6 Å². The SMILES string of the molecule is O=C(Cn1cccc1-c1nc(-c2cccc(Cl)c2)no1)N1CCCC1. The molecule has 6 nitrogen and oxygen atoms in total. The number of halogens is 1. The summed E-state index contributed by atoms with van der Waals surface area (Å²) in [7, 11) is 0. The second-order valence-electron chi connectivity index (χ2n) is 6.04. The van der Waals surface area contributed by atoms with Crippen molar-refractivity contribution in [3.8, 4) is 23.0 Å². The minimum absolute atomic E-state index is 0.115. The number of carbonyl (C=O) groups excluding carboxylic acids is 1. The molecule has 3 heterocycles. The van der Waals surface area contributed by atoms with Gasteiger partial charge in [-0.2, -0.15) is 4.98 Å². The molecule has 0 atom stereocenters. The monoisotopic (exact) mass is 356 g/mol. The van der Waals surface area contributed by atoms with E-state index in [0.29, 0.717) is 16.7 Å². The number of likely N-dealkylation sites (tertiary alicyclic amines) is 1. The molecule has 0 bridgehead atoms. The third kappa shape index (κ3) is 3.30. The van der Waals surface area contributed by atoms with Crippen LogP contribution in [-0.2, 0) is 11.3 Å². The fourth-order valence-corrected chi connectivity index (χ4v) is 3.22. The van der Waals surface area contributed by atoms with Crippen molar-refractivity contribution in [1.29, 1.82) is 0 Å². The summed E-state index contributed by atoms with van der Waals surface area (Å²) in [4.78, 5) is 18.7. The summed E-state index contributed by atoms with van der Waals surface area (Å²) in [6.07, 6.45) is 4.01. The van der Waals surface area contributed by atoms with E-state index in [9.17, 15) is 4.79 Å². The summed E-state index contributed by atoms with van der Waals surface area (Å²) in [6, 6.07) is 11.0. The Labute approximate surface area is 150 Å². The highest BCUT2D eigenvalue weighted by Gasteiger charge is 2.20. The molecule has 25 heavy (non-hydrogen) atoms. The average Bonchev–Trinajstić information content (AvgIpc) is 3.36. The van der Waals surface area contributed by atoms with Gasteiger partial charge in [0.05, 0.1) is 0 Å². The smallest absolute Gasteiger partial charge is 0.274 e. The minimum atomic E-state index is 0.115. The van der Waals surface area contributed by atoms with E-state index in [0.717, 1.165) is 37.2 Å². The van der Waals surface area contributed by atoms with Crippen LogP contribution < -0.4 is 0 Å². The predicted octanol–water partition coefficient (Wildman–Crippen LogP) is 3.48. The second kappa shape index (κ2) is 6.72. The first kappa shape index (κ1) is 15.9. The van der Waals surface area contributed by atoms with Crippen LogP contribution in [0.1, 0.15) is 12.8 Å². The predicted molar refractivity (Wildman–Crippen MR) is 94.0 cm³/mol. The van der Waals surface area contributed by atoms with Crippen molar-refractivity contribution in [3.63, 3.8) is 0 Å². The van der Waals surface area contributed by atoms with Crippen molar-refractivity contribution in [2.45, 2.75) is 19.4 Å². The largest absolute Gasteiger partial charge is 0.341 e. The van der Waals surface area contributed by atoms with Gasteiger partial charge in [0.15, 0.2) is 0 Å². The zero-order chi connectivity index (χ0) is 17.2. The van der Waals surface area contributed by atoms with Crippen LogP contribution in [0, 0.1) is 0 Å². The Morgan fingerprint density at radius 1 is 1.20 bits per heavy atom. The lowest BCUT2D eigenvalue weighted by atomic mass is 10.2. The molecule has 128 valence electrons. The Kier molecular flexibility index (Phi) is 4.28. The number of nitrogens with zero attached hydrogens (tertiary/aromatic N) is 4. The summed E-state index contributed by atoms with van der Waals surface area (Å²) in [5.74, 6) is 0.967. The number of hydrogen-bond acceptors (Lipinski definition) is 4. The zero-order valence-corrected chi connectivity index (χ0v) is 14.3. The van der Waals surface area contributed by atoms with Crippen LogP contribution >= 0.6 is 11.6 Å². The van der Waals surface area contributed by atoms with Gasteiger partial charge >= 0.3 is 0 Å². The Hall–Kier alpha value is -2.60. The number of rotatable bonds is 4. The first-order valence-electron chi connectivity index (χ1n) is 8.23. The van der Waals surface area contributed by atoms with Crippen molar-refractivity contribution in [2.24, 2.45) is 0 Å². The molecule has 4 rings (SSSR count). The topological polar surface area (TPSA) is 64.2 Å². The van der Waals surface area contributed by atoms with E-state index in [4.69, 9.17) is 16.1 Å². The molecule has 1 fully saturated rings. The van der Waals surface area contributed by atoms with E-state index in [1.54, 1.807) is 12.1 Å². The summed E-state index contributed by atoms with van der Waals surface area (Å²) in [6.45, 7) is 1.96. The second-order valence-corrected chi connectivity index (χ2v) is 6.48. The fourth-order valence-electron chi connectivity index (χ4n) is 3.03. The van der Waals surface area contributed by atoms with Crippen LogP contribution in [0.2, 0.25) is 5.02 Å². The molecule has 0 radical (unpaired) electrons. The molecule has 0 saturated carbocycles. The van der Waals surface area contributed by atoms with Crippen molar-refractivity contribution >= 4 is 17.5 Å². The molecular formula is C18H17ClN4O2. The fraction of sp³-hybridized carbons (Fsp3) is 0.278. The maximum absolute atomic E-state index is 12.4. The van der Waals surface area contributed by atoms with Crippen LogP contribution in [0.4, 0.5) is 0 Å². The lowest BCUT2D eigenvalue weighted by molar-refractivity contribution is -0.130. The maximum Gasteiger partial charge on any atom is 0.274 e. The van der Waals surface area contributed by atoms with E-state index < -0.39 is 0 Å². The van der Waals surface area contributed by atoms with E-state index in [2.05, 4.69) is 10.1 Å². The summed E-state index contributed by atoms with van der Waals surface area (Å²) in [5.41, 5.74) is 1.52. The van der Waals surface area contributed by atoms with Gasteiger partial charge in [-0.3, -0.25) is 4.79 Å². The van der Waals surface area contributed by atoms with Crippen LogP contribution in [0.3, 0.4) is 0 Å².